The molecule has 1 aromatic carbocycles. The highest BCUT2D eigenvalue weighted by molar-refractivity contribution is 7.15. The van der Waals surface area contributed by atoms with E-state index in [0.717, 1.165) is 15.4 Å². The zero-order valence-corrected chi connectivity index (χ0v) is 14.5. The third kappa shape index (κ3) is 3.29. The van der Waals surface area contributed by atoms with E-state index in [2.05, 4.69) is 15.6 Å². The number of nitrogens with zero attached hydrogens (tertiary/aromatic N) is 3. The zero-order chi connectivity index (χ0) is 18.1. The second kappa shape index (κ2) is 6.60. The number of carbonyl (C=O) groups excluding carboxylic acids is 3. The van der Waals surface area contributed by atoms with E-state index in [-0.39, 0.29) is 31.3 Å². The Bertz CT molecular complexity index is 964. The van der Waals surface area contributed by atoms with Crippen molar-refractivity contribution in [3.8, 4) is 0 Å². The summed E-state index contributed by atoms with van der Waals surface area (Å²) in [5.74, 6) is -0.438. The Labute approximate surface area is 152 Å². The highest BCUT2D eigenvalue weighted by Crippen LogP contribution is 2.16. The molecule has 1 fully saturated rings. The quantitative estimate of drug-likeness (QED) is 0.668. The summed E-state index contributed by atoms with van der Waals surface area (Å²) in [4.78, 5) is 41.9. The SMILES string of the molecule is O=C(Cc1cn2ccsc2n1)Nc1cccc(CN2C(=O)CNC2=O)c1. The summed E-state index contributed by atoms with van der Waals surface area (Å²) in [6.07, 6.45) is 3.90. The number of urea groups is 1. The summed E-state index contributed by atoms with van der Waals surface area (Å²) >= 11 is 1.51. The maximum Gasteiger partial charge on any atom is 0.324 e. The van der Waals surface area contributed by atoms with Gasteiger partial charge >= 0.3 is 6.03 Å². The maximum absolute atomic E-state index is 12.3. The van der Waals surface area contributed by atoms with Gasteiger partial charge in [0.25, 0.3) is 0 Å². The monoisotopic (exact) mass is 369 g/mol. The van der Waals surface area contributed by atoms with Gasteiger partial charge in [-0.15, -0.1) is 11.3 Å². The first-order chi connectivity index (χ1) is 12.6. The molecule has 0 atom stereocenters. The number of rotatable bonds is 5. The minimum Gasteiger partial charge on any atom is -0.329 e. The summed E-state index contributed by atoms with van der Waals surface area (Å²) in [7, 11) is 0. The average molecular weight is 369 g/mol. The minimum absolute atomic E-state index is 0.0252. The number of aromatic nitrogens is 2. The second-order valence-corrected chi connectivity index (χ2v) is 6.76. The number of hydrogen-bond acceptors (Lipinski definition) is 5. The maximum atomic E-state index is 12.3. The van der Waals surface area contributed by atoms with Gasteiger partial charge in [0.05, 0.1) is 25.2 Å². The second-order valence-electron chi connectivity index (χ2n) is 5.89. The molecule has 1 aliphatic heterocycles. The summed E-state index contributed by atoms with van der Waals surface area (Å²) in [6.45, 7) is 0.197. The van der Waals surface area contributed by atoms with Gasteiger partial charge in [-0.1, -0.05) is 12.1 Å². The van der Waals surface area contributed by atoms with Gasteiger partial charge in [0, 0.05) is 23.5 Å². The van der Waals surface area contributed by atoms with Crippen molar-refractivity contribution in [1.82, 2.24) is 19.6 Å². The molecule has 2 aromatic heterocycles. The number of nitrogens with one attached hydrogen (secondary N) is 2. The number of thiazole rings is 1. The molecule has 0 saturated carbocycles. The van der Waals surface area contributed by atoms with E-state index in [0.29, 0.717) is 11.4 Å². The van der Waals surface area contributed by atoms with Crippen LogP contribution in [0.2, 0.25) is 0 Å². The number of imide groups is 1. The standard InChI is InChI=1S/C17H15N5O3S/c23-14(7-13-10-21-4-5-26-17(21)20-13)19-12-3-1-2-11(6-12)9-22-15(24)8-18-16(22)25/h1-6,10H,7-9H2,(H,18,25)(H,19,23). The Morgan fingerprint density at radius 1 is 1.35 bits per heavy atom. The molecule has 9 heteroatoms. The van der Waals surface area contributed by atoms with Crippen molar-refractivity contribution in [1.29, 1.82) is 0 Å². The Kier molecular flexibility index (Phi) is 4.13. The Morgan fingerprint density at radius 3 is 3.00 bits per heavy atom. The smallest absolute Gasteiger partial charge is 0.324 e. The van der Waals surface area contributed by atoms with E-state index >= 15 is 0 Å². The average Bonchev–Trinajstić information content (AvgIpc) is 3.26. The molecule has 3 aromatic rings. The number of benzene rings is 1. The first kappa shape index (κ1) is 16.3. The van der Waals surface area contributed by atoms with Crippen LogP contribution in [0.25, 0.3) is 4.96 Å². The fraction of sp³-hybridized carbons (Fsp3) is 0.176. The van der Waals surface area contributed by atoms with Crippen molar-refractivity contribution >= 4 is 39.8 Å². The normalized spacial score (nSPS) is 14.1. The molecule has 1 aliphatic rings. The van der Waals surface area contributed by atoms with Gasteiger partial charge in [0.1, 0.15) is 0 Å². The third-order valence-corrected chi connectivity index (χ3v) is 4.74. The Balaban J connectivity index is 1.41. The molecule has 4 rings (SSSR count). The molecule has 0 radical (unpaired) electrons. The molecule has 0 bridgehead atoms. The van der Waals surface area contributed by atoms with E-state index < -0.39 is 6.03 Å². The first-order valence-electron chi connectivity index (χ1n) is 7.96. The molecular weight excluding hydrogens is 354 g/mol. The molecule has 1 saturated heterocycles. The third-order valence-electron chi connectivity index (χ3n) is 3.97. The lowest BCUT2D eigenvalue weighted by Crippen LogP contribution is -2.30. The lowest BCUT2D eigenvalue weighted by molar-refractivity contribution is -0.125. The molecular formula is C17H15N5O3S. The predicted octanol–water partition coefficient (Wildman–Crippen LogP) is 1.63. The number of carbonyl (C=O) groups is 3. The van der Waals surface area contributed by atoms with Crippen LogP contribution in [0.4, 0.5) is 10.5 Å². The fourth-order valence-electron chi connectivity index (χ4n) is 2.78. The lowest BCUT2D eigenvalue weighted by Gasteiger charge is -2.13. The Hall–Kier alpha value is -3.20. The molecule has 3 heterocycles. The van der Waals surface area contributed by atoms with Gasteiger partial charge in [0.15, 0.2) is 4.96 Å². The molecule has 0 unspecified atom stereocenters. The molecule has 0 aliphatic carbocycles. The molecule has 8 nitrogen and oxygen atoms in total. The molecule has 4 amide bonds. The summed E-state index contributed by atoms with van der Waals surface area (Å²) < 4.78 is 1.88. The summed E-state index contributed by atoms with van der Waals surface area (Å²) in [5.41, 5.74) is 2.07. The van der Waals surface area contributed by atoms with E-state index in [1.54, 1.807) is 24.3 Å². The number of fused-ring (bicyclic) bond motifs is 1. The minimum atomic E-state index is -0.399. The van der Waals surface area contributed by atoms with Crippen LogP contribution < -0.4 is 10.6 Å². The highest BCUT2D eigenvalue weighted by Gasteiger charge is 2.28. The topological polar surface area (TPSA) is 95.8 Å². The van der Waals surface area contributed by atoms with Crippen molar-refractivity contribution < 1.29 is 14.4 Å². The van der Waals surface area contributed by atoms with Gasteiger partial charge in [-0.2, -0.15) is 0 Å². The van der Waals surface area contributed by atoms with E-state index in [9.17, 15) is 14.4 Å². The van der Waals surface area contributed by atoms with Gasteiger partial charge in [-0.3, -0.25) is 18.9 Å². The van der Waals surface area contributed by atoms with Crippen LogP contribution in [-0.2, 0) is 22.6 Å². The lowest BCUT2D eigenvalue weighted by atomic mass is 10.2. The van der Waals surface area contributed by atoms with Crippen molar-refractivity contribution in [3.05, 3.63) is 53.3 Å². The zero-order valence-electron chi connectivity index (χ0n) is 13.6. The number of hydrogen-bond donors (Lipinski definition) is 2. The highest BCUT2D eigenvalue weighted by atomic mass is 32.1. The van der Waals surface area contributed by atoms with Crippen LogP contribution in [-0.4, -0.2) is 38.7 Å². The largest absolute Gasteiger partial charge is 0.329 e. The van der Waals surface area contributed by atoms with Crippen molar-refractivity contribution in [2.24, 2.45) is 0 Å². The van der Waals surface area contributed by atoms with Crippen LogP contribution in [0.3, 0.4) is 0 Å². The molecule has 0 spiro atoms. The molecule has 26 heavy (non-hydrogen) atoms. The van der Waals surface area contributed by atoms with Gasteiger partial charge in [-0.25, -0.2) is 9.78 Å². The van der Waals surface area contributed by atoms with Crippen molar-refractivity contribution in [2.45, 2.75) is 13.0 Å². The summed E-state index contributed by atoms with van der Waals surface area (Å²) in [5, 5.41) is 7.24. The van der Waals surface area contributed by atoms with E-state index in [1.807, 2.05) is 22.2 Å². The Morgan fingerprint density at radius 2 is 2.23 bits per heavy atom. The predicted molar refractivity (Wildman–Crippen MR) is 95.8 cm³/mol. The van der Waals surface area contributed by atoms with Gasteiger partial charge in [0.2, 0.25) is 11.8 Å². The van der Waals surface area contributed by atoms with Crippen molar-refractivity contribution in [2.75, 3.05) is 11.9 Å². The number of amides is 4. The van der Waals surface area contributed by atoms with E-state index in [1.165, 1.54) is 11.3 Å². The van der Waals surface area contributed by atoms with Gasteiger partial charge in [-0.05, 0) is 17.7 Å². The number of anilines is 1. The van der Waals surface area contributed by atoms with Crippen LogP contribution in [0.15, 0.2) is 42.0 Å². The van der Waals surface area contributed by atoms with Crippen LogP contribution in [0, 0.1) is 0 Å². The van der Waals surface area contributed by atoms with Crippen LogP contribution in [0.1, 0.15) is 11.3 Å². The van der Waals surface area contributed by atoms with Crippen molar-refractivity contribution in [3.63, 3.8) is 0 Å². The van der Waals surface area contributed by atoms with E-state index in [4.69, 9.17) is 0 Å². The van der Waals surface area contributed by atoms with Crippen LogP contribution in [0.5, 0.6) is 0 Å². The van der Waals surface area contributed by atoms with Crippen LogP contribution >= 0.6 is 11.3 Å². The first-order valence-corrected chi connectivity index (χ1v) is 8.84. The van der Waals surface area contributed by atoms with Gasteiger partial charge < -0.3 is 10.6 Å². The molecule has 2 N–H and O–H groups in total. The fourth-order valence-corrected chi connectivity index (χ4v) is 3.50. The summed E-state index contributed by atoms with van der Waals surface area (Å²) in [6, 6.07) is 6.69. The number of imidazole rings is 1. The molecule has 132 valence electrons.